The van der Waals surface area contributed by atoms with E-state index in [0.717, 1.165) is 19.5 Å². The van der Waals surface area contributed by atoms with Crippen LogP contribution in [0, 0.1) is 0 Å². The second-order valence-electron chi connectivity index (χ2n) is 4.32. The molecule has 0 amide bonds. The minimum atomic E-state index is 0.0538. The lowest BCUT2D eigenvalue weighted by Gasteiger charge is -2.30. The normalized spacial score (nSPS) is 21.2. The van der Waals surface area contributed by atoms with E-state index in [4.69, 9.17) is 4.42 Å². The molecule has 4 nitrogen and oxygen atoms in total. The number of Topliss-reactive ketones (excluding diaryl/α,β-unsaturated/α-hetero) is 1. The Hall–Kier alpha value is -1.13. The van der Waals surface area contributed by atoms with Crippen molar-refractivity contribution >= 4 is 5.78 Å². The Morgan fingerprint density at radius 1 is 1.69 bits per heavy atom. The largest absolute Gasteiger partial charge is 0.461 e. The number of piperidine rings is 1. The third-order valence-electron chi connectivity index (χ3n) is 3.08. The van der Waals surface area contributed by atoms with Crippen molar-refractivity contribution in [2.75, 3.05) is 26.7 Å². The van der Waals surface area contributed by atoms with Crippen LogP contribution < -0.4 is 5.32 Å². The monoisotopic (exact) mass is 222 g/mol. The maximum absolute atomic E-state index is 11.8. The second-order valence-corrected chi connectivity index (χ2v) is 4.32. The van der Waals surface area contributed by atoms with Gasteiger partial charge in [-0.15, -0.1) is 0 Å². The first-order chi connectivity index (χ1) is 7.77. The third kappa shape index (κ3) is 2.71. The van der Waals surface area contributed by atoms with Crippen molar-refractivity contribution in [3.8, 4) is 0 Å². The summed E-state index contributed by atoms with van der Waals surface area (Å²) in [7, 11) is 2.00. The first-order valence-electron chi connectivity index (χ1n) is 5.75. The van der Waals surface area contributed by atoms with Crippen LogP contribution in [0.2, 0.25) is 0 Å². The minimum Gasteiger partial charge on any atom is -0.461 e. The lowest BCUT2D eigenvalue weighted by atomic mass is 10.1. The molecule has 1 aromatic heterocycles. The van der Waals surface area contributed by atoms with Gasteiger partial charge in [0.15, 0.2) is 5.76 Å². The molecule has 1 aromatic rings. The molecular formula is C12H18N2O2. The van der Waals surface area contributed by atoms with Crippen molar-refractivity contribution < 1.29 is 9.21 Å². The summed E-state index contributed by atoms with van der Waals surface area (Å²) in [5.74, 6) is 0.508. The van der Waals surface area contributed by atoms with Gasteiger partial charge in [-0.2, -0.15) is 0 Å². The fraction of sp³-hybridized carbons (Fsp3) is 0.583. The fourth-order valence-corrected chi connectivity index (χ4v) is 2.08. The number of nitrogens with one attached hydrogen (secondary N) is 1. The highest BCUT2D eigenvalue weighted by Crippen LogP contribution is 2.10. The topological polar surface area (TPSA) is 45.5 Å². The first-order valence-corrected chi connectivity index (χ1v) is 5.75. The Labute approximate surface area is 95.6 Å². The number of hydrogen-bond donors (Lipinski definition) is 1. The summed E-state index contributed by atoms with van der Waals surface area (Å²) in [6.45, 7) is 2.50. The summed E-state index contributed by atoms with van der Waals surface area (Å²) in [6.07, 6.45) is 3.88. The van der Waals surface area contributed by atoms with Gasteiger partial charge in [0.1, 0.15) is 0 Å². The van der Waals surface area contributed by atoms with E-state index in [1.807, 2.05) is 7.05 Å². The molecule has 0 spiro atoms. The maximum atomic E-state index is 11.8. The lowest BCUT2D eigenvalue weighted by molar-refractivity contribution is 0.0879. The summed E-state index contributed by atoms with van der Waals surface area (Å²) < 4.78 is 5.09. The van der Waals surface area contributed by atoms with Gasteiger partial charge in [-0.25, -0.2) is 0 Å². The van der Waals surface area contributed by atoms with Crippen LogP contribution in [0.15, 0.2) is 22.8 Å². The lowest BCUT2D eigenvalue weighted by Crippen LogP contribution is -2.45. The first kappa shape index (κ1) is 11.4. The van der Waals surface area contributed by atoms with Crippen LogP contribution in [0.1, 0.15) is 23.4 Å². The van der Waals surface area contributed by atoms with Crippen molar-refractivity contribution in [3.63, 3.8) is 0 Å². The van der Waals surface area contributed by atoms with E-state index in [2.05, 4.69) is 10.2 Å². The summed E-state index contributed by atoms with van der Waals surface area (Å²) in [5, 5.41) is 3.35. The Morgan fingerprint density at radius 2 is 2.56 bits per heavy atom. The van der Waals surface area contributed by atoms with Crippen LogP contribution in [0.25, 0.3) is 0 Å². The number of carbonyl (C=O) groups is 1. The zero-order valence-corrected chi connectivity index (χ0v) is 9.61. The van der Waals surface area contributed by atoms with Crippen LogP contribution in [0.5, 0.6) is 0 Å². The molecule has 1 aliphatic rings. The quantitative estimate of drug-likeness (QED) is 0.776. The number of likely N-dealkylation sites (N-methyl/N-ethyl adjacent to an activating group) is 1. The van der Waals surface area contributed by atoms with Crippen molar-refractivity contribution in [3.05, 3.63) is 24.2 Å². The molecule has 4 heteroatoms. The van der Waals surface area contributed by atoms with Gasteiger partial charge < -0.3 is 9.73 Å². The Bertz CT molecular complexity index is 329. The van der Waals surface area contributed by atoms with Crippen LogP contribution in [-0.2, 0) is 0 Å². The highest BCUT2D eigenvalue weighted by atomic mass is 16.3. The Kier molecular flexibility index (Phi) is 3.74. The van der Waals surface area contributed by atoms with E-state index in [1.54, 1.807) is 12.1 Å². The van der Waals surface area contributed by atoms with E-state index in [-0.39, 0.29) is 5.78 Å². The van der Waals surface area contributed by atoms with Crippen molar-refractivity contribution in [1.29, 1.82) is 0 Å². The average Bonchev–Trinajstić information content (AvgIpc) is 2.83. The number of carbonyl (C=O) groups excluding carboxylic acids is 1. The standard InChI is InChI=1S/C12H18N2O2/c1-14(10-4-2-6-13-8-10)9-11(15)12-5-3-7-16-12/h3,5,7,10,13H,2,4,6,8-9H2,1H3. The molecule has 0 aliphatic carbocycles. The Balaban J connectivity index is 1.86. The molecule has 0 radical (unpaired) electrons. The number of ketones is 1. The highest BCUT2D eigenvalue weighted by molar-refractivity contribution is 5.94. The molecule has 1 atom stereocenters. The molecule has 0 saturated carbocycles. The molecule has 1 N–H and O–H groups in total. The van der Waals surface area contributed by atoms with Crippen LogP contribution in [-0.4, -0.2) is 43.4 Å². The summed E-state index contributed by atoms with van der Waals surface area (Å²) in [5.41, 5.74) is 0. The van der Waals surface area contributed by atoms with Gasteiger partial charge >= 0.3 is 0 Å². The predicted molar refractivity (Wildman–Crippen MR) is 61.6 cm³/mol. The predicted octanol–water partition coefficient (Wildman–Crippen LogP) is 1.15. The van der Waals surface area contributed by atoms with Gasteiger partial charge in [-0.05, 0) is 38.6 Å². The molecular weight excluding hydrogens is 204 g/mol. The summed E-state index contributed by atoms with van der Waals surface area (Å²) >= 11 is 0. The number of hydrogen-bond acceptors (Lipinski definition) is 4. The third-order valence-corrected chi connectivity index (χ3v) is 3.08. The van der Waals surface area contributed by atoms with Crippen LogP contribution in [0.3, 0.4) is 0 Å². The Morgan fingerprint density at radius 3 is 3.19 bits per heavy atom. The zero-order valence-electron chi connectivity index (χ0n) is 9.61. The molecule has 2 rings (SSSR count). The second kappa shape index (κ2) is 5.27. The van der Waals surface area contributed by atoms with Gasteiger partial charge in [-0.1, -0.05) is 0 Å². The minimum absolute atomic E-state index is 0.0538. The van der Waals surface area contributed by atoms with Crippen LogP contribution >= 0.6 is 0 Å². The van der Waals surface area contributed by atoms with Gasteiger partial charge in [0.2, 0.25) is 5.78 Å². The van der Waals surface area contributed by atoms with E-state index >= 15 is 0 Å². The van der Waals surface area contributed by atoms with Gasteiger partial charge in [0, 0.05) is 12.6 Å². The van der Waals surface area contributed by atoms with Crippen LogP contribution in [0.4, 0.5) is 0 Å². The smallest absolute Gasteiger partial charge is 0.211 e. The highest BCUT2D eigenvalue weighted by Gasteiger charge is 2.20. The molecule has 1 unspecified atom stereocenters. The molecule has 1 aliphatic heterocycles. The number of furan rings is 1. The van der Waals surface area contributed by atoms with E-state index < -0.39 is 0 Å². The van der Waals surface area contributed by atoms with Gasteiger partial charge in [-0.3, -0.25) is 9.69 Å². The van der Waals surface area contributed by atoms with Gasteiger partial charge in [0.25, 0.3) is 0 Å². The SMILES string of the molecule is CN(CC(=O)c1ccco1)C1CCCNC1. The van der Waals surface area contributed by atoms with E-state index in [9.17, 15) is 4.79 Å². The van der Waals surface area contributed by atoms with E-state index in [1.165, 1.54) is 12.7 Å². The summed E-state index contributed by atoms with van der Waals surface area (Å²) in [6, 6.07) is 3.93. The van der Waals surface area contributed by atoms with Gasteiger partial charge in [0.05, 0.1) is 12.8 Å². The average molecular weight is 222 g/mol. The fourth-order valence-electron chi connectivity index (χ4n) is 2.08. The number of rotatable bonds is 4. The van der Waals surface area contributed by atoms with E-state index in [0.29, 0.717) is 18.3 Å². The van der Waals surface area contributed by atoms with Crippen molar-refractivity contribution in [1.82, 2.24) is 10.2 Å². The molecule has 16 heavy (non-hydrogen) atoms. The molecule has 2 heterocycles. The molecule has 88 valence electrons. The molecule has 0 aromatic carbocycles. The zero-order chi connectivity index (χ0) is 11.4. The molecule has 0 bridgehead atoms. The summed E-state index contributed by atoms with van der Waals surface area (Å²) in [4.78, 5) is 13.9. The molecule has 1 saturated heterocycles. The van der Waals surface area contributed by atoms with Crippen molar-refractivity contribution in [2.24, 2.45) is 0 Å². The molecule has 1 fully saturated rings. The maximum Gasteiger partial charge on any atom is 0.211 e. The van der Waals surface area contributed by atoms with Crippen molar-refractivity contribution in [2.45, 2.75) is 18.9 Å². The number of nitrogens with zero attached hydrogens (tertiary/aromatic N) is 1.